The second-order valence-electron chi connectivity index (χ2n) is 6.57. The monoisotopic (exact) mass is 397 g/mol. The molecule has 0 saturated carbocycles. The molecule has 7 heteroatoms. The molecule has 0 fully saturated rings. The first-order valence-electron chi connectivity index (χ1n) is 9.27. The van der Waals surface area contributed by atoms with Crippen molar-refractivity contribution in [1.82, 2.24) is 5.32 Å². The van der Waals surface area contributed by atoms with Crippen LogP contribution in [-0.2, 0) is 22.6 Å². The van der Waals surface area contributed by atoms with Crippen molar-refractivity contribution in [3.05, 3.63) is 65.4 Å². The fourth-order valence-corrected chi connectivity index (χ4v) is 2.90. The number of hydrogen-bond acceptors (Lipinski definition) is 5. The van der Waals surface area contributed by atoms with Gasteiger partial charge in [0.1, 0.15) is 11.3 Å². The molecule has 1 amide bonds. The van der Waals surface area contributed by atoms with E-state index in [-0.39, 0.29) is 19.0 Å². The second kappa shape index (κ2) is 9.25. The highest BCUT2D eigenvalue weighted by molar-refractivity contribution is 5.98. The van der Waals surface area contributed by atoms with E-state index >= 15 is 0 Å². The number of aliphatic carboxylic acids is 1. The summed E-state index contributed by atoms with van der Waals surface area (Å²) in [5.74, 6) is -1.15. The van der Waals surface area contributed by atoms with Gasteiger partial charge in [-0.2, -0.15) is 0 Å². The Morgan fingerprint density at radius 2 is 1.93 bits per heavy atom. The van der Waals surface area contributed by atoms with Gasteiger partial charge in [-0.1, -0.05) is 31.2 Å². The Morgan fingerprint density at radius 1 is 1.14 bits per heavy atom. The fourth-order valence-electron chi connectivity index (χ4n) is 2.90. The first kappa shape index (κ1) is 20.4. The zero-order valence-corrected chi connectivity index (χ0v) is 16.3. The van der Waals surface area contributed by atoms with Crippen LogP contribution in [0.3, 0.4) is 0 Å². The third-order valence-electron chi connectivity index (χ3n) is 4.50. The number of carboxylic acids is 1. The Bertz CT molecular complexity index is 1010. The summed E-state index contributed by atoms with van der Waals surface area (Å²) in [6.07, 6.45) is 0.908. The first-order valence-corrected chi connectivity index (χ1v) is 9.27. The molecule has 0 radical (unpaired) electrons. The molecule has 1 aromatic heterocycles. The number of methoxy groups -OCH3 is 1. The maximum atomic E-state index is 12.4. The van der Waals surface area contributed by atoms with Crippen molar-refractivity contribution in [3.63, 3.8) is 0 Å². The molecule has 0 aliphatic heterocycles. The Labute approximate surface area is 168 Å². The van der Waals surface area contributed by atoms with Gasteiger partial charge in [0.05, 0.1) is 20.3 Å². The minimum atomic E-state index is -1.19. The number of furan rings is 1. The summed E-state index contributed by atoms with van der Waals surface area (Å²) in [6.45, 7) is 2.16. The van der Waals surface area contributed by atoms with Gasteiger partial charge in [-0.25, -0.2) is 4.79 Å². The number of hydrogen-bond donors (Lipinski definition) is 2. The molecule has 0 unspecified atom stereocenters. The van der Waals surface area contributed by atoms with E-state index in [1.165, 1.54) is 5.56 Å². The zero-order valence-electron chi connectivity index (χ0n) is 16.3. The summed E-state index contributed by atoms with van der Waals surface area (Å²) in [5.41, 5.74) is 2.64. The number of ether oxygens (including phenoxy) is 2. The van der Waals surface area contributed by atoms with Gasteiger partial charge in [0.15, 0.2) is 11.8 Å². The lowest BCUT2D eigenvalue weighted by molar-refractivity contribution is -0.141. The lowest BCUT2D eigenvalue weighted by atomic mass is 10.1. The lowest BCUT2D eigenvalue weighted by Crippen LogP contribution is -2.43. The van der Waals surface area contributed by atoms with Crippen molar-refractivity contribution in [2.45, 2.75) is 26.0 Å². The number of rotatable bonds is 9. The van der Waals surface area contributed by atoms with Crippen molar-refractivity contribution < 1.29 is 28.6 Å². The Balaban J connectivity index is 1.62. The van der Waals surface area contributed by atoms with Crippen LogP contribution >= 0.6 is 0 Å². The number of carboxylic acid groups (broad SMARTS) is 1. The quantitative estimate of drug-likeness (QED) is 0.574. The highest BCUT2D eigenvalue weighted by Crippen LogP contribution is 2.24. The first-order chi connectivity index (χ1) is 14.0. The van der Waals surface area contributed by atoms with Gasteiger partial charge in [-0.05, 0) is 41.8 Å². The number of amides is 1. The average Bonchev–Trinajstić information content (AvgIpc) is 3.16. The maximum Gasteiger partial charge on any atom is 0.328 e. The molecule has 3 aromatic rings. The number of nitrogens with one attached hydrogen (secondary N) is 1. The normalized spacial score (nSPS) is 11.9. The fraction of sp³-hybridized carbons (Fsp3) is 0.273. The van der Waals surface area contributed by atoms with Crippen LogP contribution in [0.2, 0.25) is 0 Å². The highest BCUT2D eigenvalue weighted by Gasteiger charge is 2.23. The van der Waals surface area contributed by atoms with Crippen LogP contribution in [-0.4, -0.2) is 36.7 Å². The molecule has 1 heterocycles. The van der Waals surface area contributed by atoms with Crippen molar-refractivity contribution in [2.75, 3.05) is 13.7 Å². The molecular formula is C22H23NO6. The van der Waals surface area contributed by atoms with E-state index in [0.717, 1.165) is 12.0 Å². The molecule has 3 rings (SSSR count). The molecule has 2 aromatic carbocycles. The van der Waals surface area contributed by atoms with Crippen LogP contribution in [0.15, 0.2) is 52.9 Å². The van der Waals surface area contributed by atoms with E-state index in [9.17, 15) is 14.7 Å². The molecule has 1 atom stereocenters. The predicted molar refractivity (Wildman–Crippen MR) is 107 cm³/mol. The van der Waals surface area contributed by atoms with Crippen molar-refractivity contribution in [2.24, 2.45) is 0 Å². The third kappa shape index (κ3) is 5.14. The summed E-state index contributed by atoms with van der Waals surface area (Å²) >= 11 is 0. The average molecular weight is 397 g/mol. The van der Waals surface area contributed by atoms with Crippen LogP contribution in [0.4, 0.5) is 0 Å². The Morgan fingerprint density at radius 3 is 2.66 bits per heavy atom. The van der Waals surface area contributed by atoms with E-state index in [4.69, 9.17) is 13.9 Å². The number of carbonyl (C=O) groups is 2. The van der Waals surface area contributed by atoms with Gasteiger partial charge >= 0.3 is 5.97 Å². The van der Waals surface area contributed by atoms with Gasteiger partial charge in [0.25, 0.3) is 5.91 Å². The van der Waals surface area contributed by atoms with Gasteiger partial charge in [-0.3, -0.25) is 4.79 Å². The summed E-state index contributed by atoms with van der Waals surface area (Å²) in [5, 5.41) is 12.5. The molecule has 29 heavy (non-hydrogen) atoms. The summed E-state index contributed by atoms with van der Waals surface area (Å²) < 4.78 is 16.2. The Kier molecular flexibility index (Phi) is 6.51. The van der Waals surface area contributed by atoms with Crippen molar-refractivity contribution in [1.29, 1.82) is 0 Å². The largest absolute Gasteiger partial charge is 0.497 e. The zero-order chi connectivity index (χ0) is 20.8. The van der Waals surface area contributed by atoms with Crippen molar-refractivity contribution in [3.8, 4) is 5.75 Å². The lowest BCUT2D eigenvalue weighted by Gasteiger charge is -2.14. The highest BCUT2D eigenvalue weighted by atomic mass is 16.5. The molecule has 0 aliphatic rings. The van der Waals surface area contributed by atoms with Crippen LogP contribution in [0.5, 0.6) is 5.75 Å². The number of carbonyl (C=O) groups excluding carboxylic acids is 1. The number of fused-ring (bicyclic) bond motifs is 1. The van der Waals surface area contributed by atoms with Crippen LogP contribution in [0.25, 0.3) is 11.0 Å². The topological polar surface area (TPSA) is 98.0 Å². The van der Waals surface area contributed by atoms with E-state index < -0.39 is 17.9 Å². The van der Waals surface area contributed by atoms with Gasteiger partial charge in [0.2, 0.25) is 0 Å². The molecule has 0 bridgehead atoms. The van der Waals surface area contributed by atoms with Gasteiger partial charge in [-0.15, -0.1) is 0 Å². The number of benzene rings is 2. The minimum absolute atomic E-state index is 0.0233. The molecule has 0 saturated heterocycles. The molecule has 152 valence electrons. The van der Waals surface area contributed by atoms with E-state index in [1.54, 1.807) is 31.4 Å². The van der Waals surface area contributed by atoms with E-state index in [2.05, 4.69) is 12.2 Å². The molecule has 2 N–H and O–H groups in total. The molecular weight excluding hydrogens is 374 g/mol. The SMILES string of the molecule is CCc1cccc(COC[C@H](NC(=O)c2cc3cc(OC)ccc3o2)C(=O)O)c1. The maximum absolute atomic E-state index is 12.4. The van der Waals surface area contributed by atoms with Gasteiger partial charge in [0, 0.05) is 5.39 Å². The summed E-state index contributed by atoms with van der Waals surface area (Å²) in [4.78, 5) is 24.0. The molecule has 7 nitrogen and oxygen atoms in total. The smallest absolute Gasteiger partial charge is 0.328 e. The third-order valence-corrected chi connectivity index (χ3v) is 4.50. The van der Waals surface area contributed by atoms with Crippen LogP contribution in [0.1, 0.15) is 28.6 Å². The van der Waals surface area contributed by atoms with E-state index in [0.29, 0.717) is 16.7 Å². The molecule has 0 spiro atoms. The standard InChI is InChI=1S/C22H23NO6/c1-3-14-5-4-6-15(9-14)12-28-13-18(22(25)26)23-21(24)20-11-16-10-17(27-2)7-8-19(16)29-20/h4-11,18H,3,12-13H2,1-2H3,(H,23,24)(H,25,26)/t18-/m0/s1. The summed E-state index contributed by atoms with van der Waals surface area (Å²) in [6, 6.07) is 13.4. The Hall–Kier alpha value is -3.32. The second-order valence-corrected chi connectivity index (χ2v) is 6.57. The predicted octanol–water partition coefficient (Wildman–Crippen LogP) is 3.40. The van der Waals surface area contributed by atoms with Crippen LogP contribution < -0.4 is 10.1 Å². The van der Waals surface area contributed by atoms with Crippen molar-refractivity contribution >= 4 is 22.8 Å². The van der Waals surface area contributed by atoms with Gasteiger partial charge < -0.3 is 24.3 Å². The van der Waals surface area contributed by atoms with Crippen LogP contribution in [0, 0.1) is 0 Å². The number of aryl methyl sites for hydroxylation is 1. The summed E-state index contributed by atoms with van der Waals surface area (Å²) in [7, 11) is 1.55. The molecule has 0 aliphatic carbocycles. The minimum Gasteiger partial charge on any atom is -0.497 e. The van der Waals surface area contributed by atoms with E-state index in [1.807, 2.05) is 24.3 Å².